The number of aromatic nitrogens is 2. The van der Waals surface area contributed by atoms with E-state index in [-0.39, 0.29) is 0 Å². The largest absolute Gasteiger partial charge is 0.354 e. The Morgan fingerprint density at radius 3 is 2.71 bits per heavy atom. The molecule has 4 heteroatoms. The number of likely N-dealkylation sites (tertiary alicyclic amines) is 1. The highest BCUT2D eigenvalue weighted by molar-refractivity contribution is 5.29. The standard InChI is InChI=1S/C13H24N4/c1-11(2)17-10-12(3)15-13(17)14-6-9-16-7-4-5-8-16/h10-11H,4-9H2,1-3H3,(H,14,15). The fourth-order valence-corrected chi connectivity index (χ4v) is 2.37. The SMILES string of the molecule is Cc1cn(C(C)C)c(NCCN2CCCC2)n1. The zero-order chi connectivity index (χ0) is 12.3. The average Bonchev–Trinajstić information content (AvgIpc) is 2.88. The zero-order valence-corrected chi connectivity index (χ0v) is 11.2. The van der Waals surface area contributed by atoms with Crippen molar-refractivity contribution in [3.8, 4) is 0 Å². The normalized spacial score (nSPS) is 16.9. The smallest absolute Gasteiger partial charge is 0.203 e. The van der Waals surface area contributed by atoms with Gasteiger partial charge in [-0.1, -0.05) is 0 Å². The molecule has 0 aromatic carbocycles. The number of aryl methyl sites for hydroxylation is 1. The molecule has 4 nitrogen and oxygen atoms in total. The third-order valence-corrected chi connectivity index (χ3v) is 3.32. The van der Waals surface area contributed by atoms with Crippen LogP contribution >= 0.6 is 0 Å². The van der Waals surface area contributed by atoms with Crippen molar-refractivity contribution in [1.82, 2.24) is 14.5 Å². The van der Waals surface area contributed by atoms with Crippen LogP contribution in [-0.2, 0) is 0 Å². The van der Waals surface area contributed by atoms with E-state index in [4.69, 9.17) is 0 Å². The lowest BCUT2D eigenvalue weighted by Gasteiger charge is -2.16. The van der Waals surface area contributed by atoms with Crippen molar-refractivity contribution in [3.63, 3.8) is 0 Å². The van der Waals surface area contributed by atoms with Crippen LogP contribution in [0, 0.1) is 6.92 Å². The van der Waals surface area contributed by atoms with E-state index in [0.717, 1.165) is 24.7 Å². The van der Waals surface area contributed by atoms with Crippen LogP contribution in [0.1, 0.15) is 38.4 Å². The zero-order valence-electron chi connectivity index (χ0n) is 11.2. The predicted molar refractivity (Wildman–Crippen MR) is 71.5 cm³/mol. The molecule has 1 saturated heterocycles. The second-order valence-corrected chi connectivity index (χ2v) is 5.18. The molecule has 1 N–H and O–H groups in total. The van der Waals surface area contributed by atoms with E-state index in [2.05, 4.69) is 39.8 Å². The van der Waals surface area contributed by atoms with Crippen molar-refractivity contribution in [2.24, 2.45) is 0 Å². The molecule has 2 heterocycles. The van der Waals surface area contributed by atoms with Gasteiger partial charge in [0.15, 0.2) is 0 Å². The van der Waals surface area contributed by atoms with Gasteiger partial charge in [-0.2, -0.15) is 0 Å². The summed E-state index contributed by atoms with van der Waals surface area (Å²) in [7, 11) is 0. The van der Waals surface area contributed by atoms with E-state index in [9.17, 15) is 0 Å². The minimum Gasteiger partial charge on any atom is -0.354 e. The number of hydrogen-bond acceptors (Lipinski definition) is 3. The van der Waals surface area contributed by atoms with Gasteiger partial charge in [0, 0.05) is 25.3 Å². The third-order valence-electron chi connectivity index (χ3n) is 3.32. The summed E-state index contributed by atoms with van der Waals surface area (Å²) in [6, 6.07) is 0.463. The summed E-state index contributed by atoms with van der Waals surface area (Å²) in [6.45, 7) is 11.1. The molecule has 2 rings (SSSR count). The van der Waals surface area contributed by atoms with E-state index < -0.39 is 0 Å². The Labute approximate surface area is 104 Å². The lowest BCUT2D eigenvalue weighted by atomic mass is 10.4. The maximum atomic E-state index is 4.53. The molecule has 0 atom stereocenters. The van der Waals surface area contributed by atoms with Gasteiger partial charge in [-0.05, 0) is 46.7 Å². The highest BCUT2D eigenvalue weighted by atomic mass is 15.2. The number of rotatable bonds is 5. The first-order chi connectivity index (χ1) is 8.16. The second-order valence-electron chi connectivity index (χ2n) is 5.18. The lowest BCUT2D eigenvalue weighted by Crippen LogP contribution is -2.26. The minimum absolute atomic E-state index is 0.463. The van der Waals surface area contributed by atoms with Gasteiger partial charge < -0.3 is 14.8 Å². The van der Waals surface area contributed by atoms with Gasteiger partial charge in [-0.15, -0.1) is 0 Å². The molecule has 0 saturated carbocycles. The average molecular weight is 236 g/mol. The molecule has 1 fully saturated rings. The number of hydrogen-bond donors (Lipinski definition) is 1. The van der Waals surface area contributed by atoms with Crippen LogP contribution < -0.4 is 5.32 Å². The van der Waals surface area contributed by atoms with Gasteiger partial charge >= 0.3 is 0 Å². The van der Waals surface area contributed by atoms with E-state index in [1.165, 1.54) is 25.9 Å². The van der Waals surface area contributed by atoms with E-state index in [0.29, 0.717) is 6.04 Å². The third kappa shape index (κ3) is 3.22. The fraction of sp³-hybridized carbons (Fsp3) is 0.769. The van der Waals surface area contributed by atoms with E-state index in [1.807, 2.05) is 6.92 Å². The second kappa shape index (κ2) is 5.54. The Hall–Kier alpha value is -1.03. The van der Waals surface area contributed by atoms with Gasteiger partial charge in [0.25, 0.3) is 0 Å². The summed E-state index contributed by atoms with van der Waals surface area (Å²) >= 11 is 0. The topological polar surface area (TPSA) is 33.1 Å². The number of imidazole rings is 1. The number of anilines is 1. The molecule has 1 aliphatic heterocycles. The molecule has 0 radical (unpaired) electrons. The molecule has 0 amide bonds. The quantitative estimate of drug-likeness (QED) is 0.851. The Bertz CT molecular complexity index is 350. The van der Waals surface area contributed by atoms with Crippen LogP contribution in [0.25, 0.3) is 0 Å². The molecule has 0 spiro atoms. The van der Waals surface area contributed by atoms with Gasteiger partial charge in [0.05, 0.1) is 5.69 Å². The van der Waals surface area contributed by atoms with Crippen molar-refractivity contribution in [2.75, 3.05) is 31.5 Å². The Morgan fingerprint density at radius 1 is 1.35 bits per heavy atom. The van der Waals surface area contributed by atoms with Gasteiger partial charge in [-0.25, -0.2) is 4.98 Å². The van der Waals surface area contributed by atoms with Gasteiger partial charge in [0.2, 0.25) is 5.95 Å². The first-order valence-electron chi connectivity index (χ1n) is 6.68. The van der Waals surface area contributed by atoms with Crippen LogP contribution in [-0.4, -0.2) is 40.6 Å². The summed E-state index contributed by atoms with van der Waals surface area (Å²) in [4.78, 5) is 7.05. The fourth-order valence-electron chi connectivity index (χ4n) is 2.37. The van der Waals surface area contributed by atoms with Crippen molar-refractivity contribution in [3.05, 3.63) is 11.9 Å². The maximum absolute atomic E-state index is 4.53. The van der Waals surface area contributed by atoms with Crippen LogP contribution in [0.2, 0.25) is 0 Å². The molecule has 0 bridgehead atoms. The van der Waals surface area contributed by atoms with Crippen molar-refractivity contribution < 1.29 is 0 Å². The van der Waals surface area contributed by atoms with Crippen LogP contribution in [0.3, 0.4) is 0 Å². The predicted octanol–water partition coefficient (Wildman–Crippen LogP) is 2.28. The van der Waals surface area contributed by atoms with Crippen molar-refractivity contribution in [1.29, 1.82) is 0 Å². The van der Waals surface area contributed by atoms with E-state index >= 15 is 0 Å². The summed E-state index contributed by atoms with van der Waals surface area (Å²) in [5, 5.41) is 3.45. The Balaban J connectivity index is 1.85. The first kappa shape index (κ1) is 12.4. The highest BCUT2D eigenvalue weighted by Gasteiger charge is 2.12. The summed E-state index contributed by atoms with van der Waals surface area (Å²) in [6.07, 6.45) is 4.84. The Morgan fingerprint density at radius 2 is 2.06 bits per heavy atom. The van der Waals surface area contributed by atoms with Gasteiger partial charge in [0.1, 0.15) is 0 Å². The molecular weight excluding hydrogens is 212 g/mol. The number of nitrogens with one attached hydrogen (secondary N) is 1. The van der Waals surface area contributed by atoms with Gasteiger partial charge in [-0.3, -0.25) is 0 Å². The summed E-state index contributed by atoms with van der Waals surface area (Å²) < 4.78 is 2.21. The van der Waals surface area contributed by atoms with Crippen molar-refractivity contribution >= 4 is 5.95 Å². The highest BCUT2D eigenvalue weighted by Crippen LogP contribution is 2.15. The molecular formula is C13H24N4. The molecule has 96 valence electrons. The Kier molecular flexibility index (Phi) is 4.05. The maximum Gasteiger partial charge on any atom is 0.203 e. The monoisotopic (exact) mass is 236 g/mol. The summed E-state index contributed by atoms with van der Waals surface area (Å²) in [5.41, 5.74) is 1.09. The molecule has 1 aliphatic rings. The van der Waals surface area contributed by atoms with Crippen molar-refractivity contribution in [2.45, 2.75) is 39.7 Å². The minimum atomic E-state index is 0.463. The molecule has 1 aromatic heterocycles. The molecule has 17 heavy (non-hydrogen) atoms. The lowest BCUT2D eigenvalue weighted by molar-refractivity contribution is 0.352. The van der Waals surface area contributed by atoms with Crippen LogP contribution in [0.5, 0.6) is 0 Å². The van der Waals surface area contributed by atoms with E-state index in [1.54, 1.807) is 0 Å². The first-order valence-corrected chi connectivity index (χ1v) is 6.68. The number of nitrogens with zero attached hydrogens (tertiary/aromatic N) is 3. The summed E-state index contributed by atoms with van der Waals surface area (Å²) in [5.74, 6) is 1.01. The molecule has 0 unspecified atom stereocenters. The van der Waals surface area contributed by atoms with Crippen LogP contribution in [0.4, 0.5) is 5.95 Å². The van der Waals surface area contributed by atoms with Crippen LogP contribution in [0.15, 0.2) is 6.20 Å². The molecule has 0 aliphatic carbocycles. The molecule has 1 aromatic rings.